The van der Waals surface area contributed by atoms with Gasteiger partial charge in [0.05, 0.1) is 18.3 Å². The number of ether oxygens (including phenoxy) is 1. The molecule has 0 bridgehead atoms. The Bertz CT molecular complexity index is 324. The second-order valence-corrected chi connectivity index (χ2v) is 4.72. The summed E-state index contributed by atoms with van der Waals surface area (Å²) in [5, 5.41) is 9.22. The Morgan fingerprint density at radius 3 is 2.62 bits per heavy atom. The van der Waals surface area contributed by atoms with Crippen LogP contribution >= 0.6 is 15.9 Å². The highest BCUT2D eigenvalue weighted by molar-refractivity contribution is 9.09. The number of esters is 1. The SMILES string of the molecule is CC(O)C(Br)CCOC(=O)c1ccccc1. The first-order valence-corrected chi connectivity index (χ1v) is 6.07. The van der Waals surface area contributed by atoms with Gasteiger partial charge in [0.15, 0.2) is 0 Å². The molecule has 0 spiro atoms. The lowest BCUT2D eigenvalue weighted by Crippen LogP contribution is -2.19. The molecule has 3 nitrogen and oxygen atoms in total. The number of alkyl halides is 1. The van der Waals surface area contributed by atoms with E-state index in [4.69, 9.17) is 4.74 Å². The smallest absolute Gasteiger partial charge is 0.338 e. The lowest BCUT2D eigenvalue weighted by Gasteiger charge is -2.12. The van der Waals surface area contributed by atoms with Crippen LogP contribution in [-0.4, -0.2) is 28.6 Å². The molecule has 2 atom stereocenters. The third-order valence-electron chi connectivity index (χ3n) is 2.16. The van der Waals surface area contributed by atoms with Gasteiger partial charge in [-0.15, -0.1) is 0 Å². The quantitative estimate of drug-likeness (QED) is 0.668. The molecule has 88 valence electrons. The fourth-order valence-electron chi connectivity index (χ4n) is 1.16. The minimum Gasteiger partial charge on any atom is -0.462 e. The van der Waals surface area contributed by atoms with Gasteiger partial charge in [-0.2, -0.15) is 0 Å². The van der Waals surface area contributed by atoms with Crippen molar-refractivity contribution < 1.29 is 14.6 Å². The molecular formula is C12H15BrO3. The van der Waals surface area contributed by atoms with Crippen LogP contribution in [0.2, 0.25) is 0 Å². The number of halogens is 1. The summed E-state index contributed by atoms with van der Waals surface area (Å²) in [4.78, 5) is 11.5. The van der Waals surface area contributed by atoms with Gasteiger partial charge in [-0.25, -0.2) is 4.79 Å². The average molecular weight is 287 g/mol. The van der Waals surface area contributed by atoms with Crippen molar-refractivity contribution in [1.82, 2.24) is 0 Å². The zero-order chi connectivity index (χ0) is 12.0. The molecule has 1 N–H and O–H groups in total. The molecule has 1 aromatic carbocycles. The second kappa shape index (κ2) is 6.66. The molecule has 16 heavy (non-hydrogen) atoms. The Hall–Kier alpha value is -0.870. The van der Waals surface area contributed by atoms with Gasteiger partial charge < -0.3 is 9.84 Å². The van der Waals surface area contributed by atoms with E-state index >= 15 is 0 Å². The summed E-state index contributed by atoms with van der Waals surface area (Å²) in [7, 11) is 0. The van der Waals surface area contributed by atoms with Crippen LogP contribution in [-0.2, 0) is 4.74 Å². The molecule has 1 aromatic rings. The lowest BCUT2D eigenvalue weighted by molar-refractivity contribution is 0.0486. The van der Waals surface area contributed by atoms with Crippen LogP contribution in [0.5, 0.6) is 0 Å². The molecule has 0 aliphatic rings. The molecule has 0 radical (unpaired) electrons. The predicted molar refractivity (Wildman–Crippen MR) is 65.7 cm³/mol. The molecule has 0 heterocycles. The Morgan fingerprint density at radius 2 is 2.06 bits per heavy atom. The van der Waals surface area contributed by atoms with Crippen LogP contribution < -0.4 is 0 Å². The van der Waals surface area contributed by atoms with Gasteiger partial charge >= 0.3 is 5.97 Å². The molecule has 0 aromatic heterocycles. The van der Waals surface area contributed by atoms with E-state index in [0.29, 0.717) is 18.6 Å². The third-order valence-corrected chi connectivity index (χ3v) is 3.38. The van der Waals surface area contributed by atoms with Crippen molar-refractivity contribution >= 4 is 21.9 Å². The number of aliphatic hydroxyl groups is 1. The number of rotatable bonds is 5. The molecule has 0 fully saturated rings. The van der Waals surface area contributed by atoms with Crippen molar-refractivity contribution in [2.45, 2.75) is 24.3 Å². The highest BCUT2D eigenvalue weighted by atomic mass is 79.9. The lowest BCUT2D eigenvalue weighted by atomic mass is 10.2. The van der Waals surface area contributed by atoms with Crippen LogP contribution in [0.3, 0.4) is 0 Å². The van der Waals surface area contributed by atoms with Gasteiger partial charge in [0, 0.05) is 4.83 Å². The Morgan fingerprint density at radius 1 is 1.44 bits per heavy atom. The number of benzene rings is 1. The fraction of sp³-hybridized carbons (Fsp3) is 0.417. The van der Waals surface area contributed by atoms with E-state index in [1.807, 2.05) is 6.07 Å². The van der Waals surface area contributed by atoms with Crippen LogP contribution in [0.15, 0.2) is 30.3 Å². The molecular weight excluding hydrogens is 272 g/mol. The number of carbonyl (C=O) groups excluding carboxylic acids is 1. The van der Waals surface area contributed by atoms with E-state index in [1.54, 1.807) is 31.2 Å². The average Bonchev–Trinajstić information content (AvgIpc) is 2.29. The van der Waals surface area contributed by atoms with Gasteiger partial charge in [-0.3, -0.25) is 0 Å². The number of aliphatic hydroxyl groups excluding tert-OH is 1. The topological polar surface area (TPSA) is 46.5 Å². The van der Waals surface area contributed by atoms with Crippen molar-refractivity contribution in [3.8, 4) is 0 Å². The van der Waals surface area contributed by atoms with Gasteiger partial charge in [0.25, 0.3) is 0 Å². The maximum absolute atomic E-state index is 11.5. The summed E-state index contributed by atoms with van der Waals surface area (Å²) < 4.78 is 5.07. The predicted octanol–water partition coefficient (Wildman–Crippen LogP) is 2.38. The van der Waals surface area contributed by atoms with Gasteiger partial charge in [-0.1, -0.05) is 34.1 Å². The first-order valence-electron chi connectivity index (χ1n) is 5.15. The molecule has 4 heteroatoms. The van der Waals surface area contributed by atoms with Crippen LogP contribution in [0, 0.1) is 0 Å². The van der Waals surface area contributed by atoms with Crippen molar-refractivity contribution in [2.24, 2.45) is 0 Å². The highest BCUT2D eigenvalue weighted by Crippen LogP contribution is 2.10. The molecule has 0 aliphatic heterocycles. The monoisotopic (exact) mass is 286 g/mol. The van der Waals surface area contributed by atoms with E-state index < -0.39 is 6.10 Å². The van der Waals surface area contributed by atoms with E-state index in [9.17, 15) is 9.90 Å². The van der Waals surface area contributed by atoms with E-state index in [0.717, 1.165) is 0 Å². The first kappa shape index (κ1) is 13.2. The summed E-state index contributed by atoms with van der Waals surface area (Å²) in [6.07, 6.45) is 0.145. The molecule has 0 saturated carbocycles. The van der Waals surface area contributed by atoms with E-state index in [1.165, 1.54) is 0 Å². The molecule has 0 saturated heterocycles. The summed E-state index contributed by atoms with van der Waals surface area (Å²) in [6.45, 7) is 1.99. The van der Waals surface area contributed by atoms with Crippen LogP contribution in [0.25, 0.3) is 0 Å². The van der Waals surface area contributed by atoms with Crippen molar-refractivity contribution in [2.75, 3.05) is 6.61 Å². The van der Waals surface area contributed by atoms with Crippen molar-refractivity contribution in [3.05, 3.63) is 35.9 Å². The van der Waals surface area contributed by atoms with Gasteiger partial charge in [-0.05, 0) is 25.5 Å². The molecule has 2 unspecified atom stereocenters. The maximum atomic E-state index is 11.5. The first-order chi connectivity index (χ1) is 7.61. The zero-order valence-electron chi connectivity index (χ0n) is 9.10. The van der Waals surface area contributed by atoms with Crippen LogP contribution in [0.1, 0.15) is 23.7 Å². The minimum absolute atomic E-state index is 0.0453. The summed E-state index contributed by atoms with van der Waals surface area (Å²) >= 11 is 3.31. The maximum Gasteiger partial charge on any atom is 0.338 e. The summed E-state index contributed by atoms with van der Waals surface area (Å²) in [6, 6.07) is 8.85. The number of hydrogen-bond donors (Lipinski definition) is 1. The second-order valence-electron chi connectivity index (χ2n) is 3.55. The summed E-state index contributed by atoms with van der Waals surface area (Å²) in [5.74, 6) is -0.328. The Labute approximate surface area is 104 Å². The van der Waals surface area contributed by atoms with Crippen molar-refractivity contribution in [1.29, 1.82) is 0 Å². The minimum atomic E-state index is -0.449. The molecule has 0 amide bonds. The third kappa shape index (κ3) is 4.33. The molecule has 1 rings (SSSR count). The normalized spacial score (nSPS) is 14.2. The number of hydrogen-bond acceptors (Lipinski definition) is 3. The van der Waals surface area contributed by atoms with Gasteiger partial charge in [0.2, 0.25) is 0 Å². The highest BCUT2D eigenvalue weighted by Gasteiger charge is 2.12. The van der Waals surface area contributed by atoms with E-state index in [-0.39, 0.29) is 10.8 Å². The van der Waals surface area contributed by atoms with Crippen molar-refractivity contribution in [3.63, 3.8) is 0 Å². The summed E-state index contributed by atoms with van der Waals surface area (Å²) in [5.41, 5.74) is 0.547. The fourth-order valence-corrected chi connectivity index (χ4v) is 1.35. The van der Waals surface area contributed by atoms with E-state index in [2.05, 4.69) is 15.9 Å². The molecule has 0 aliphatic carbocycles. The van der Waals surface area contributed by atoms with Gasteiger partial charge in [0.1, 0.15) is 0 Å². The largest absolute Gasteiger partial charge is 0.462 e. The zero-order valence-corrected chi connectivity index (χ0v) is 10.7. The number of carbonyl (C=O) groups is 1. The Kier molecular flexibility index (Phi) is 5.49. The standard InChI is InChI=1S/C12H15BrO3/c1-9(14)11(13)7-8-16-12(15)10-5-3-2-4-6-10/h2-6,9,11,14H,7-8H2,1H3. The Balaban J connectivity index is 2.31. The van der Waals surface area contributed by atoms with Crippen LogP contribution in [0.4, 0.5) is 0 Å².